The highest BCUT2D eigenvalue weighted by molar-refractivity contribution is 5.55. The van der Waals surface area contributed by atoms with Crippen LogP contribution >= 0.6 is 0 Å². The smallest absolute Gasteiger partial charge is 0.330 e. The number of unbranched alkanes of at least 4 members (excludes halogenated alkanes) is 1. The van der Waals surface area contributed by atoms with E-state index in [0.29, 0.717) is 6.54 Å². The number of aromatic amines is 1. The summed E-state index contributed by atoms with van der Waals surface area (Å²) in [5.41, 5.74) is 9.60. The molecular formula is C8H14N4O2. The molecule has 0 spiro atoms. The molecule has 1 rings (SSSR count). The zero-order chi connectivity index (χ0) is 10.7. The van der Waals surface area contributed by atoms with E-state index in [-0.39, 0.29) is 11.5 Å². The van der Waals surface area contributed by atoms with E-state index in [0.717, 1.165) is 17.4 Å². The van der Waals surface area contributed by atoms with Crippen molar-refractivity contribution in [3.8, 4) is 0 Å². The minimum atomic E-state index is -0.514. The highest BCUT2D eigenvalue weighted by Gasteiger charge is 2.07. The zero-order valence-corrected chi connectivity index (χ0v) is 8.04. The van der Waals surface area contributed by atoms with Gasteiger partial charge in [0, 0.05) is 6.54 Å². The first-order valence-electron chi connectivity index (χ1n) is 4.46. The lowest BCUT2D eigenvalue weighted by Gasteiger charge is -2.05. The monoisotopic (exact) mass is 198 g/mol. The number of H-pyrrole nitrogens is 1. The molecule has 6 heteroatoms. The van der Waals surface area contributed by atoms with Crippen LogP contribution in [0.5, 0.6) is 0 Å². The van der Waals surface area contributed by atoms with Gasteiger partial charge < -0.3 is 11.5 Å². The van der Waals surface area contributed by atoms with Crippen molar-refractivity contribution in [2.24, 2.45) is 0 Å². The minimum Gasteiger partial charge on any atom is -0.391 e. The summed E-state index contributed by atoms with van der Waals surface area (Å²) >= 11 is 0. The van der Waals surface area contributed by atoms with Gasteiger partial charge in [-0.2, -0.15) is 0 Å². The quantitative estimate of drug-likeness (QED) is 0.608. The van der Waals surface area contributed by atoms with Crippen molar-refractivity contribution >= 4 is 11.5 Å². The molecule has 1 heterocycles. The third-order valence-electron chi connectivity index (χ3n) is 1.99. The van der Waals surface area contributed by atoms with Crippen LogP contribution in [0.15, 0.2) is 9.59 Å². The number of aromatic nitrogens is 2. The molecule has 0 amide bonds. The van der Waals surface area contributed by atoms with Crippen LogP contribution in [0.2, 0.25) is 0 Å². The van der Waals surface area contributed by atoms with Crippen molar-refractivity contribution < 1.29 is 0 Å². The summed E-state index contributed by atoms with van der Waals surface area (Å²) in [6, 6.07) is 0. The summed E-state index contributed by atoms with van der Waals surface area (Å²) in [5.74, 6) is -0.0623. The van der Waals surface area contributed by atoms with E-state index in [1.165, 1.54) is 0 Å². The number of nitrogens with zero attached hydrogens (tertiary/aromatic N) is 1. The summed E-state index contributed by atoms with van der Waals surface area (Å²) in [7, 11) is 0. The Bertz CT molecular complexity index is 432. The largest absolute Gasteiger partial charge is 0.391 e. The maximum Gasteiger partial charge on any atom is 0.330 e. The number of anilines is 2. The second kappa shape index (κ2) is 3.99. The van der Waals surface area contributed by atoms with Crippen molar-refractivity contribution in [3.05, 3.63) is 20.8 Å². The predicted octanol–water partition coefficient (Wildman–Crippen LogP) is -0.499. The average molecular weight is 198 g/mol. The number of nitrogen functional groups attached to an aromatic ring is 2. The Kier molecular flexibility index (Phi) is 2.95. The highest BCUT2D eigenvalue weighted by atomic mass is 16.2. The van der Waals surface area contributed by atoms with Gasteiger partial charge in [0.2, 0.25) is 0 Å². The molecule has 6 nitrogen and oxygen atoms in total. The first-order valence-corrected chi connectivity index (χ1v) is 4.46. The summed E-state index contributed by atoms with van der Waals surface area (Å²) in [6.07, 6.45) is 1.66. The standard InChI is InChI=1S/C8H14N4O2/c1-2-3-4-12-7(13)5(9)6(10)11-8(12)14/h2-4,9-10H2,1H3,(H,11,14). The Morgan fingerprint density at radius 2 is 2.00 bits per heavy atom. The molecular weight excluding hydrogens is 184 g/mol. The van der Waals surface area contributed by atoms with Crippen molar-refractivity contribution in [3.63, 3.8) is 0 Å². The van der Waals surface area contributed by atoms with Crippen LogP contribution in [0.25, 0.3) is 0 Å². The van der Waals surface area contributed by atoms with Crippen LogP contribution in [-0.2, 0) is 6.54 Å². The molecule has 5 N–H and O–H groups in total. The number of nitrogens with two attached hydrogens (primary N) is 2. The SMILES string of the molecule is CCCCn1c(=O)[nH]c(N)c(N)c1=O. The van der Waals surface area contributed by atoms with Gasteiger partial charge in [0.15, 0.2) is 0 Å². The molecule has 0 saturated carbocycles. The Labute approximate surface area is 80.5 Å². The van der Waals surface area contributed by atoms with Gasteiger partial charge in [-0.3, -0.25) is 14.3 Å². The van der Waals surface area contributed by atoms with Gasteiger partial charge in [-0.25, -0.2) is 4.79 Å². The Morgan fingerprint density at radius 1 is 1.36 bits per heavy atom. The summed E-state index contributed by atoms with van der Waals surface area (Å²) in [5, 5.41) is 0. The van der Waals surface area contributed by atoms with E-state index in [9.17, 15) is 9.59 Å². The summed E-state index contributed by atoms with van der Waals surface area (Å²) in [4.78, 5) is 25.1. The lowest BCUT2D eigenvalue weighted by atomic mass is 10.3. The van der Waals surface area contributed by atoms with E-state index < -0.39 is 11.2 Å². The van der Waals surface area contributed by atoms with Crippen LogP contribution in [0.3, 0.4) is 0 Å². The van der Waals surface area contributed by atoms with Crippen molar-refractivity contribution in [2.75, 3.05) is 11.5 Å². The van der Waals surface area contributed by atoms with Crippen LogP contribution in [0.4, 0.5) is 11.5 Å². The summed E-state index contributed by atoms with van der Waals surface area (Å²) < 4.78 is 1.06. The van der Waals surface area contributed by atoms with Crippen LogP contribution in [0.1, 0.15) is 19.8 Å². The maximum absolute atomic E-state index is 11.5. The van der Waals surface area contributed by atoms with Crippen LogP contribution in [0, 0.1) is 0 Å². The minimum absolute atomic E-state index is 0.0623. The van der Waals surface area contributed by atoms with Gasteiger partial charge in [-0.05, 0) is 6.42 Å². The normalized spacial score (nSPS) is 10.4. The van der Waals surface area contributed by atoms with Gasteiger partial charge in [-0.15, -0.1) is 0 Å². The van der Waals surface area contributed by atoms with Crippen molar-refractivity contribution in [1.82, 2.24) is 9.55 Å². The molecule has 1 aromatic rings. The number of rotatable bonds is 3. The lowest BCUT2D eigenvalue weighted by Crippen LogP contribution is -2.37. The molecule has 0 aliphatic heterocycles. The van der Waals surface area contributed by atoms with Crippen molar-refractivity contribution in [2.45, 2.75) is 26.3 Å². The second-order valence-electron chi connectivity index (χ2n) is 3.07. The molecule has 0 aliphatic rings. The number of hydrogen-bond acceptors (Lipinski definition) is 4. The van der Waals surface area contributed by atoms with E-state index >= 15 is 0 Å². The van der Waals surface area contributed by atoms with Gasteiger partial charge in [0.05, 0.1) is 0 Å². The third-order valence-corrected chi connectivity index (χ3v) is 1.99. The molecule has 0 fully saturated rings. The molecule has 0 unspecified atom stereocenters. The highest BCUT2D eigenvalue weighted by Crippen LogP contribution is 1.99. The number of nitrogens with one attached hydrogen (secondary N) is 1. The average Bonchev–Trinajstić information content (AvgIpc) is 2.14. The molecule has 14 heavy (non-hydrogen) atoms. The maximum atomic E-state index is 11.5. The van der Waals surface area contributed by atoms with Gasteiger partial charge >= 0.3 is 5.69 Å². The van der Waals surface area contributed by atoms with Gasteiger partial charge in [0.1, 0.15) is 11.5 Å². The van der Waals surface area contributed by atoms with E-state index in [4.69, 9.17) is 11.5 Å². The van der Waals surface area contributed by atoms with E-state index in [1.807, 2.05) is 6.92 Å². The van der Waals surface area contributed by atoms with Crippen molar-refractivity contribution in [1.29, 1.82) is 0 Å². The van der Waals surface area contributed by atoms with Crippen LogP contribution < -0.4 is 22.7 Å². The summed E-state index contributed by atoms with van der Waals surface area (Å²) in [6.45, 7) is 2.34. The topological polar surface area (TPSA) is 107 Å². The molecule has 0 aliphatic carbocycles. The van der Waals surface area contributed by atoms with E-state index in [2.05, 4.69) is 4.98 Å². The molecule has 1 aromatic heterocycles. The second-order valence-corrected chi connectivity index (χ2v) is 3.07. The Hall–Kier alpha value is -1.72. The first kappa shape index (κ1) is 10.4. The lowest BCUT2D eigenvalue weighted by molar-refractivity contribution is 0.586. The molecule has 0 atom stereocenters. The van der Waals surface area contributed by atoms with Crippen LogP contribution in [-0.4, -0.2) is 9.55 Å². The van der Waals surface area contributed by atoms with Gasteiger partial charge in [-0.1, -0.05) is 13.3 Å². The number of hydrogen-bond donors (Lipinski definition) is 3. The Balaban J connectivity index is 3.23. The Morgan fingerprint density at radius 3 is 2.57 bits per heavy atom. The molecule has 0 radical (unpaired) electrons. The predicted molar refractivity (Wildman–Crippen MR) is 55.1 cm³/mol. The fraction of sp³-hybridized carbons (Fsp3) is 0.500. The fourth-order valence-corrected chi connectivity index (χ4v) is 1.12. The zero-order valence-electron chi connectivity index (χ0n) is 8.04. The third kappa shape index (κ3) is 1.78. The molecule has 0 bridgehead atoms. The van der Waals surface area contributed by atoms with Gasteiger partial charge in [0.25, 0.3) is 5.56 Å². The molecule has 78 valence electrons. The molecule has 0 aromatic carbocycles. The fourth-order valence-electron chi connectivity index (χ4n) is 1.12. The first-order chi connectivity index (χ1) is 6.57. The van der Waals surface area contributed by atoms with E-state index in [1.54, 1.807) is 0 Å². The molecule has 0 saturated heterocycles.